The van der Waals surface area contributed by atoms with E-state index in [0.717, 1.165) is 29.3 Å². The zero-order valence-electron chi connectivity index (χ0n) is 16.4. The number of hydrogen-bond donors (Lipinski definition) is 0. The molecular weight excluding hydrogens is 448 g/mol. The summed E-state index contributed by atoms with van der Waals surface area (Å²) in [5, 5.41) is 0. The number of unbranched alkanes of at least 4 members (excludes halogenated alkanes) is 2. The van der Waals surface area contributed by atoms with E-state index in [9.17, 15) is 8.42 Å². The van der Waals surface area contributed by atoms with Crippen molar-refractivity contribution in [2.75, 3.05) is 0 Å². The van der Waals surface area contributed by atoms with Crippen molar-refractivity contribution in [3.8, 4) is 17.6 Å². The van der Waals surface area contributed by atoms with Crippen LogP contribution in [0.15, 0.2) is 69.5 Å². The van der Waals surface area contributed by atoms with Gasteiger partial charge in [0.2, 0.25) is 0 Å². The van der Waals surface area contributed by atoms with Gasteiger partial charge < -0.3 is 4.18 Å². The number of benzene rings is 2. The molecule has 0 atom stereocenters. The number of allylic oxidation sites excluding steroid dienone is 2. The van der Waals surface area contributed by atoms with Gasteiger partial charge in [-0.25, -0.2) is 0 Å². The van der Waals surface area contributed by atoms with Crippen LogP contribution in [0.25, 0.3) is 0 Å². The Morgan fingerprint density at radius 3 is 2.34 bits per heavy atom. The first-order valence-corrected chi connectivity index (χ1v) is 12.2. The van der Waals surface area contributed by atoms with E-state index >= 15 is 0 Å². The number of rotatable bonds is 6. The third-order valence-electron chi connectivity index (χ3n) is 4.83. The normalized spacial score (nSPS) is 14.0. The summed E-state index contributed by atoms with van der Waals surface area (Å²) < 4.78 is 30.6. The minimum atomic E-state index is -3.84. The Labute approximate surface area is 182 Å². The summed E-state index contributed by atoms with van der Waals surface area (Å²) >= 11 is 3.29. The second-order valence-electron chi connectivity index (χ2n) is 7.13. The fraction of sp³-hybridized carbons (Fsp3) is 0.333. The lowest BCUT2D eigenvalue weighted by Crippen LogP contribution is -2.09. The molecule has 29 heavy (non-hydrogen) atoms. The summed E-state index contributed by atoms with van der Waals surface area (Å²) in [5.41, 5.74) is 2.47. The summed E-state index contributed by atoms with van der Waals surface area (Å²) in [5.74, 6) is 6.60. The molecule has 0 unspecified atom stereocenters. The Kier molecular flexibility index (Phi) is 7.97. The highest BCUT2D eigenvalue weighted by molar-refractivity contribution is 9.10. The van der Waals surface area contributed by atoms with Crippen LogP contribution in [-0.2, 0) is 10.1 Å². The van der Waals surface area contributed by atoms with E-state index in [1.165, 1.54) is 44.2 Å². The second-order valence-corrected chi connectivity index (χ2v) is 9.59. The average molecular weight is 473 g/mol. The molecule has 5 heteroatoms. The van der Waals surface area contributed by atoms with Gasteiger partial charge in [-0.1, -0.05) is 45.8 Å². The molecule has 0 radical (unpaired) electrons. The summed E-state index contributed by atoms with van der Waals surface area (Å²) in [6.45, 7) is 0. The predicted octanol–water partition coefficient (Wildman–Crippen LogP) is 6.63. The van der Waals surface area contributed by atoms with Crippen LogP contribution in [0.4, 0.5) is 0 Å². The van der Waals surface area contributed by atoms with Crippen LogP contribution >= 0.6 is 15.9 Å². The van der Waals surface area contributed by atoms with Gasteiger partial charge in [-0.3, -0.25) is 0 Å². The molecule has 2 aromatic carbocycles. The summed E-state index contributed by atoms with van der Waals surface area (Å²) in [4.78, 5) is 0.118. The molecule has 3 rings (SSSR count). The van der Waals surface area contributed by atoms with Crippen molar-refractivity contribution in [3.63, 3.8) is 0 Å². The Morgan fingerprint density at radius 1 is 0.966 bits per heavy atom. The molecule has 0 bridgehead atoms. The first kappa shape index (κ1) is 21.7. The van der Waals surface area contributed by atoms with Gasteiger partial charge in [0.15, 0.2) is 0 Å². The lowest BCUT2D eigenvalue weighted by Gasteiger charge is -2.12. The zero-order valence-corrected chi connectivity index (χ0v) is 18.8. The zero-order chi connectivity index (χ0) is 20.5. The maximum atomic E-state index is 12.3. The third kappa shape index (κ3) is 7.06. The van der Waals surface area contributed by atoms with E-state index in [1.807, 2.05) is 0 Å². The minimum Gasteiger partial charge on any atom is -0.379 e. The van der Waals surface area contributed by atoms with Gasteiger partial charge in [0.25, 0.3) is 0 Å². The molecular formula is C24H25BrO3S. The van der Waals surface area contributed by atoms with Crippen LogP contribution in [0.3, 0.4) is 0 Å². The van der Waals surface area contributed by atoms with Gasteiger partial charge in [0, 0.05) is 16.5 Å². The maximum absolute atomic E-state index is 12.3. The minimum absolute atomic E-state index is 0.118. The van der Waals surface area contributed by atoms with Crippen LogP contribution in [0.1, 0.15) is 56.9 Å². The third-order valence-corrected chi connectivity index (χ3v) is 6.62. The van der Waals surface area contributed by atoms with Crippen molar-refractivity contribution in [2.45, 2.75) is 56.3 Å². The molecule has 1 aliphatic carbocycles. The highest BCUT2D eigenvalue weighted by Gasteiger charge is 2.16. The molecule has 0 heterocycles. The largest absolute Gasteiger partial charge is 0.379 e. The van der Waals surface area contributed by atoms with Gasteiger partial charge in [-0.15, -0.1) is 0 Å². The first-order valence-electron chi connectivity index (χ1n) is 10.00. The van der Waals surface area contributed by atoms with Crippen molar-refractivity contribution in [1.82, 2.24) is 0 Å². The number of hydrogen-bond acceptors (Lipinski definition) is 3. The first-order chi connectivity index (χ1) is 14.0. The van der Waals surface area contributed by atoms with Gasteiger partial charge in [-0.2, -0.15) is 8.42 Å². The van der Waals surface area contributed by atoms with Crippen molar-refractivity contribution >= 4 is 26.0 Å². The molecule has 0 spiro atoms. The monoisotopic (exact) mass is 472 g/mol. The molecule has 0 aliphatic heterocycles. The molecule has 1 fully saturated rings. The lowest BCUT2D eigenvalue weighted by atomic mass is 9.94. The molecule has 0 N–H and O–H groups in total. The standard InChI is InChI=1S/C24H25BrO3S/c25-22-14-18-24(19-15-22)29(26,27)28-23-16-12-21(13-17-23)11-5-2-1-4-8-20-9-6-3-7-10-20/h8,12-19H,1-4,6-7,9-10H2. The van der Waals surface area contributed by atoms with Gasteiger partial charge in [0.1, 0.15) is 10.6 Å². The van der Waals surface area contributed by atoms with Crippen molar-refractivity contribution in [2.24, 2.45) is 0 Å². The quantitative estimate of drug-likeness (QED) is 0.205. The molecule has 0 saturated heterocycles. The fourth-order valence-corrected chi connectivity index (χ4v) is 4.44. The summed E-state index contributed by atoms with van der Waals surface area (Å²) in [6, 6.07) is 13.2. The molecule has 1 saturated carbocycles. The van der Waals surface area contributed by atoms with Gasteiger partial charge >= 0.3 is 10.1 Å². The van der Waals surface area contributed by atoms with E-state index < -0.39 is 10.1 Å². The van der Waals surface area contributed by atoms with Crippen molar-refractivity contribution in [3.05, 3.63) is 70.2 Å². The van der Waals surface area contributed by atoms with Gasteiger partial charge in [0.05, 0.1) is 0 Å². The molecule has 2 aromatic rings. The van der Waals surface area contributed by atoms with E-state index in [2.05, 4.69) is 33.8 Å². The van der Waals surface area contributed by atoms with Crippen LogP contribution in [0, 0.1) is 11.8 Å². The molecule has 3 nitrogen and oxygen atoms in total. The molecule has 1 aliphatic rings. The molecule has 0 amide bonds. The van der Waals surface area contributed by atoms with Crippen LogP contribution < -0.4 is 4.18 Å². The van der Waals surface area contributed by atoms with Crippen LogP contribution in [0.5, 0.6) is 5.75 Å². The average Bonchev–Trinajstić information content (AvgIpc) is 2.72. The van der Waals surface area contributed by atoms with E-state index in [1.54, 1.807) is 42.0 Å². The van der Waals surface area contributed by atoms with Crippen LogP contribution in [0.2, 0.25) is 0 Å². The van der Waals surface area contributed by atoms with E-state index in [0.29, 0.717) is 0 Å². The summed E-state index contributed by atoms with van der Waals surface area (Å²) in [7, 11) is -3.84. The van der Waals surface area contributed by atoms with Gasteiger partial charge in [-0.05, 0) is 87.1 Å². The molecule has 0 aromatic heterocycles. The Hall–Kier alpha value is -2.03. The fourth-order valence-electron chi connectivity index (χ4n) is 3.24. The molecule has 152 valence electrons. The van der Waals surface area contributed by atoms with Crippen molar-refractivity contribution in [1.29, 1.82) is 0 Å². The number of halogens is 1. The topological polar surface area (TPSA) is 43.4 Å². The summed E-state index contributed by atoms with van der Waals surface area (Å²) in [6.07, 6.45) is 12.1. The van der Waals surface area contributed by atoms with Crippen LogP contribution in [-0.4, -0.2) is 8.42 Å². The second kappa shape index (κ2) is 10.7. The lowest BCUT2D eigenvalue weighted by molar-refractivity contribution is 0.486. The smallest absolute Gasteiger partial charge is 0.339 e. The Balaban J connectivity index is 1.49. The Morgan fingerprint density at radius 2 is 1.66 bits per heavy atom. The van der Waals surface area contributed by atoms with Crippen molar-refractivity contribution < 1.29 is 12.6 Å². The highest BCUT2D eigenvalue weighted by Crippen LogP contribution is 2.23. The highest BCUT2D eigenvalue weighted by atomic mass is 79.9. The van der Waals surface area contributed by atoms with E-state index in [-0.39, 0.29) is 10.6 Å². The van der Waals surface area contributed by atoms with E-state index in [4.69, 9.17) is 4.18 Å². The SMILES string of the molecule is O=S(=O)(Oc1ccc(C#CCCCC=C2CCCCC2)cc1)c1ccc(Br)cc1. The maximum Gasteiger partial charge on any atom is 0.339 e. The predicted molar refractivity (Wildman–Crippen MR) is 120 cm³/mol. The Bertz CT molecular complexity index is 987.